The minimum atomic E-state index is 0.356. The van der Waals surface area contributed by atoms with Crippen LogP contribution in [0, 0.1) is 5.92 Å². The van der Waals surface area contributed by atoms with Gasteiger partial charge in [0.15, 0.2) is 0 Å². The van der Waals surface area contributed by atoms with Crippen molar-refractivity contribution < 1.29 is 0 Å². The predicted molar refractivity (Wildman–Crippen MR) is 78.0 cm³/mol. The Kier molecular flexibility index (Phi) is 4.68. The van der Waals surface area contributed by atoms with E-state index >= 15 is 0 Å². The summed E-state index contributed by atoms with van der Waals surface area (Å²) in [6, 6.07) is 0. The lowest BCUT2D eigenvalue weighted by Crippen LogP contribution is -2.60. The van der Waals surface area contributed by atoms with E-state index in [4.69, 9.17) is 0 Å². The highest BCUT2D eigenvalue weighted by Gasteiger charge is 2.35. The molecule has 1 atom stereocenters. The molecule has 2 fully saturated rings. The summed E-state index contributed by atoms with van der Waals surface area (Å²) < 4.78 is 0. The van der Waals surface area contributed by atoms with Gasteiger partial charge >= 0.3 is 0 Å². The molecule has 2 rings (SSSR count). The van der Waals surface area contributed by atoms with Crippen molar-refractivity contribution in [1.82, 2.24) is 14.7 Å². The van der Waals surface area contributed by atoms with E-state index in [2.05, 4.69) is 42.5 Å². The molecule has 0 aromatic rings. The maximum Gasteiger partial charge on any atom is 0.0280 e. The third-order valence-corrected chi connectivity index (χ3v) is 4.66. The molecule has 2 saturated heterocycles. The van der Waals surface area contributed by atoms with Crippen molar-refractivity contribution in [2.45, 2.75) is 39.2 Å². The summed E-state index contributed by atoms with van der Waals surface area (Å²) in [4.78, 5) is 7.85. The van der Waals surface area contributed by atoms with Gasteiger partial charge in [-0.1, -0.05) is 6.92 Å². The Morgan fingerprint density at radius 3 is 2.50 bits per heavy atom. The van der Waals surface area contributed by atoms with Crippen LogP contribution in [0.15, 0.2) is 0 Å². The summed E-state index contributed by atoms with van der Waals surface area (Å²) in [5.74, 6) is 0.895. The first-order valence-corrected chi connectivity index (χ1v) is 7.67. The van der Waals surface area contributed by atoms with Gasteiger partial charge in [0.1, 0.15) is 0 Å². The Hall–Kier alpha value is -0.120. The normalized spacial score (nSPS) is 31.0. The van der Waals surface area contributed by atoms with E-state index in [1.54, 1.807) is 0 Å². The lowest BCUT2D eigenvalue weighted by molar-refractivity contribution is 0.0103. The molecule has 2 aliphatic heterocycles. The van der Waals surface area contributed by atoms with Crippen LogP contribution in [-0.2, 0) is 0 Å². The predicted octanol–water partition coefficient (Wildman–Crippen LogP) is 1.74. The third kappa shape index (κ3) is 3.46. The minimum Gasteiger partial charge on any atom is -0.306 e. The molecule has 1 unspecified atom stereocenters. The second-order valence-corrected chi connectivity index (χ2v) is 6.95. The van der Waals surface area contributed by atoms with Gasteiger partial charge in [0.25, 0.3) is 0 Å². The topological polar surface area (TPSA) is 9.72 Å². The first-order chi connectivity index (χ1) is 8.51. The number of rotatable bonds is 4. The minimum absolute atomic E-state index is 0.356. The van der Waals surface area contributed by atoms with E-state index in [1.165, 1.54) is 58.7 Å². The van der Waals surface area contributed by atoms with Gasteiger partial charge in [0, 0.05) is 38.3 Å². The molecule has 2 aliphatic rings. The molecule has 0 aliphatic carbocycles. The molecule has 0 N–H and O–H groups in total. The molecule has 0 spiro atoms. The van der Waals surface area contributed by atoms with Crippen LogP contribution < -0.4 is 0 Å². The van der Waals surface area contributed by atoms with Gasteiger partial charge in [0.05, 0.1) is 0 Å². The molecule has 0 amide bonds. The van der Waals surface area contributed by atoms with E-state index in [9.17, 15) is 0 Å². The lowest BCUT2D eigenvalue weighted by atomic mass is 9.96. The van der Waals surface area contributed by atoms with Crippen LogP contribution >= 0.6 is 0 Å². The fraction of sp³-hybridized carbons (Fsp3) is 1.00. The number of piperazine rings is 1. The molecule has 0 saturated carbocycles. The van der Waals surface area contributed by atoms with Gasteiger partial charge in [-0.15, -0.1) is 0 Å². The Morgan fingerprint density at radius 2 is 1.94 bits per heavy atom. The number of nitrogens with zero attached hydrogens (tertiary/aromatic N) is 3. The first-order valence-electron chi connectivity index (χ1n) is 7.67. The van der Waals surface area contributed by atoms with Crippen molar-refractivity contribution in [3.05, 3.63) is 0 Å². The van der Waals surface area contributed by atoms with Crippen molar-refractivity contribution in [2.24, 2.45) is 5.92 Å². The highest BCUT2D eigenvalue weighted by Crippen LogP contribution is 2.25. The van der Waals surface area contributed by atoms with Gasteiger partial charge in [-0.25, -0.2) is 0 Å². The highest BCUT2D eigenvalue weighted by molar-refractivity contribution is 4.92. The smallest absolute Gasteiger partial charge is 0.0280 e. The summed E-state index contributed by atoms with van der Waals surface area (Å²) in [6.45, 7) is 16.1. The van der Waals surface area contributed by atoms with Gasteiger partial charge in [0.2, 0.25) is 0 Å². The second-order valence-electron chi connectivity index (χ2n) is 6.95. The monoisotopic (exact) mass is 253 g/mol. The Morgan fingerprint density at radius 1 is 1.17 bits per heavy atom. The molecule has 0 bridgehead atoms. The van der Waals surface area contributed by atoms with Crippen LogP contribution in [0.1, 0.15) is 33.6 Å². The highest BCUT2D eigenvalue weighted by atomic mass is 15.3. The third-order valence-electron chi connectivity index (χ3n) is 4.66. The molecule has 18 heavy (non-hydrogen) atoms. The van der Waals surface area contributed by atoms with Crippen LogP contribution in [0.5, 0.6) is 0 Å². The number of hydrogen-bond donors (Lipinski definition) is 0. The Labute approximate surface area is 113 Å². The summed E-state index contributed by atoms with van der Waals surface area (Å²) in [6.07, 6.45) is 2.67. The Bertz CT molecular complexity index is 264. The molecule has 3 heteroatoms. The van der Waals surface area contributed by atoms with E-state index in [-0.39, 0.29) is 0 Å². The zero-order valence-electron chi connectivity index (χ0n) is 12.8. The van der Waals surface area contributed by atoms with Crippen LogP contribution in [0.3, 0.4) is 0 Å². The summed E-state index contributed by atoms with van der Waals surface area (Å²) in [5, 5.41) is 0. The van der Waals surface area contributed by atoms with Gasteiger partial charge in [-0.05, 0) is 52.7 Å². The van der Waals surface area contributed by atoms with Crippen molar-refractivity contribution in [1.29, 1.82) is 0 Å². The molecule has 106 valence electrons. The quantitative estimate of drug-likeness (QED) is 0.756. The SMILES string of the molecule is CCCN1CCN(CC2CCN(C)C2)C(C)(C)C1. The number of likely N-dealkylation sites (tertiary alicyclic amines) is 1. The van der Waals surface area contributed by atoms with E-state index < -0.39 is 0 Å². The van der Waals surface area contributed by atoms with Crippen molar-refractivity contribution >= 4 is 0 Å². The molecule has 3 nitrogen and oxygen atoms in total. The van der Waals surface area contributed by atoms with Crippen LogP contribution in [-0.4, -0.2) is 73.1 Å². The molecular formula is C15H31N3. The lowest BCUT2D eigenvalue weighted by Gasteiger charge is -2.48. The molecular weight excluding hydrogens is 222 g/mol. The zero-order chi connectivity index (χ0) is 13.2. The fourth-order valence-electron chi connectivity index (χ4n) is 3.62. The largest absolute Gasteiger partial charge is 0.306 e. The Balaban J connectivity index is 1.86. The fourth-order valence-corrected chi connectivity index (χ4v) is 3.62. The second kappa shape index (κ2) is 5.89. The molecule has 0 aromatic carbocycles. The molecule has 0 aromatic heterocycles. The van der Waals surface area contributed by atoms with Gasteiger partial charge in [-0.2, -0.15) is 0 Å². The maximum atomic E-state index is 2.74. The van der Waals surface area contributed by atoms with Gasteiger partial charge in [-0.3, -0.25) is 4.90 Å². The van der Waals surface area contributed by atoms with Crippen molar-refractivity contribution in [3.63, 3.8) is 0 Å². The average molecular weight is 253 g/mol. The van der Waals surface area contributed by atoms with Gasteiger partial charge < -0.3 is 9.80 Å². The summed E-state index contributed by atoms with van der Waals surface area (Å²) in [7, 11) is 2.25. The summed E-state index contributed by atoms with van der Waals surface area (Å²) >= 11 is 0. The standard InChI is InChI=1S/C15H31N3/c1-5-7-17-9-10-18(15(2,3)13-17)12-14-6-8-16(4)11-14/h14H,5-13H2,1-4H3. The average Bonchev–Trinajstić information content (AvgIpc) is 2.68. The van der Waals surface area contributed by atoms with Crippen molar-refractivity contribution in [3.8, 4) is 0 Å². The van der Waals surface area contributed by atoms with Crippen LogP contribution in [0.25, 0.3) is 0 Å². The van der Waals surface area contributed by atoms with Crippen LogP contribution in [0.4, 0.5) is 0 Å². The van der Waals surface area contributed by atoms with E-state index in [0.717, 1.165) is 5.92 Å². The first kappa shape index (κ1) is 14.3. The molecule has 2 heterocycles. The maximum absolute atomic E-state index is 2.74. The number of hydrogen-bond acceptors (Lipinski definition) is 3. The van der Waals surface area contributed by atoms with Crippen molar-refractivity contribution in [2.75, 3.05) is 52.9 Å². The van der Waals surface area contributed by atoms with E-state index in [1.807, 2.05) is 0 Å². The van der Waals surface area contributed by atoms with E-state index in [0.29, 0.717) is 5.54 Å². The van der Waals surface area contributed by atoms with Crippen LogP contribution in [0.2, 0.25) is 0 Å². The summed E-state index contributed by atoms with van der Waals surface area (Å²) in [5.41, 5.74) is 0.356. The zero-order valence-corrected chi connectivity index (χ0v) is 12.8. The molecule has 0 radical (unpaired) electrons.